The minimum absolute atomic E-state index is 0.201. The van der Waals surface area contributed by atoms with Crippen molar-refractivity contribution in [3.05, 3.63) is 59.7 Å². The molecule has 0 nitrogen and oxygen atoms in total. The third kappa shape index (κ3) is 2.75. The standard InChI is InChI=1S/C26H34/c1-7-25(5,8-2)23-19-15-11-13-17-21(19)24(26(6,9-3)10-4)22-18-14-12-16-20(22)23/h11-18H,7-10H2,1-6H3. The van der Waals surface area contributed by atoms with Crippen LogP contribution >= 0.6 is 0 Å². The lowest BCUT2D eigenvalue weighted by Crippen LogP contribution is -2.24. The van der Waals surface area contributed by atoms with Crippen LogP contribution in [0.15, 0.2) is 48.5 Å². The molecule has 0 N–H and O–H groups in total. The second kappa shape index (κ2) is 7.06. The first-order valence-corrected chi connectivity index (χ1v) is 10.4. The highest BCUT2D eigenvalue weighted by molar-refractivity contribution is 6.07. The average Bonchev–Trinajstić information content (AvgIpc) is 2.70. The Morgan fingerprint density at radius 2 is 0.731 bits per heavy atom. The molecule has 0 bridgehead atoms. The van der Waals surface area contributed by atoms with Gasteiger partial charge < -0.3 is 0 Å². The number of hydrogen-bond acceptors (Lipinski definition) is 0. The molecule has 0 heteroatoms. The molecular formula is C26H34. The van der Waals surface area contributed by atoms with Gasteiger partial charge in [0.2, 0.25) is 0 Å². The summed E-state index contributed by atoms with van der Waals surface area (Å²) in [5.74, 6) is 0. The maximum atomic E-state index is 2.44. The van der Waals surface area contributed by atoms with E-state index in [0.717, 1.165) is 25.7 Å². The summed E-state index contributed by atoms with van der Waals surface area (Å²) in [6.07, 6.45) is 4.65. The van der Waals surface area contributed by atoms with Gasteiger partial charge in [-0.3, -0.25) is 0 Å². The Bertz CT molecular complexity index is 775. The zero-order valence-electron chi connectivity index (χ0n) is 17.4. The third-order valence-electron chi connectivity index (χ3n) is 7.26. The summed E-state index contributed by atoms with van der Waals surface area (Å²) in [5.41, 5.74) is 3.50. The first-order valence-electron chi connectivity index (χ1n) is 10.4. The highest BCUT2D eigenvalue weighted by Gasteiger charge is 2.32. The van der Waals surface area contributed by atoms with E-state index in [1.807, 2.05) is 0 Å². The van der Waals surface area contributed by atoms with E-state index in [0.29, 0.717) is 0 Å². The second-order valence-corrected chi connectivity index (χ2v) is 8.38. The van der Waals surface area contributed by atoms with Crippen LogP contribution in [0.2, 0.25) is 0 Å². The lowest BCUT2D eigenvalue weighted by atomic mass is 9.68. The van der Waals surface area contributed by atoms with Crippen LogP contribution in [0.4, 0.5) is 0 Å². The van der Waals surface area contributed by atoms with Crippen molar-refractivity contribution in [2.24, 2.45) is 0 Å². The Morgan fingerprint density at radius 3 is 0.923 bits per heavy atom. The highest BCUT2D eigenvalue weighted by atomic mass is 14.4. The van der Waals surface area contributed by atoms with E-state index in [-0.39, 0.29) is 10.8 Å². The molecule has 0 aliphatic carbocycles. The molecule has 0 spiro atoms. The molecule has 0 saturated carbocycles. The minimum Gasteiger partial charge on any atom is -0.0645 e. The van der Waals surface area contributed by atoms with Gasteiger partial charge >= 0.3 is 0 Å². The second-order valence-electron chi connectivity index (χ2n) is 8.38. The zero-order valence-corrected chi connectivity index (χ0v) is 17.4. The Hall–Kier alpha value is -1.82. The van der Waals surface area contributed by atoms with Gasteiger partial charge in [-0.2, -0.15) is 0 Å². The summed E-state index contributed by atoms with van der Waals surface area (Å²) in [5, 5.41) is 5.84. The van der Waals surface area contributed by atoms with Crippen molar-refractivity contribution in [3.8, 4) is 0 Å². The summed E-state index contributed by atoms with van der Waals surface area (Å²) >= 11 is 0. The Balaban J connectivity index is 2.60. The predicted molar refractivity (Wildman–Crippen MR) is 117 cm³/mol. The SMILES string of the molecule is CCC(C)(CC)c1c2ccccc2c(C(C)(CC)CC)c2ccccc12. The molecule has 3 aromatic rings. The molecule has 0 saturated heterocycles. The third-order valence-corrected chi connectivity index (χ3v) is 7.26. The topological polar surface area (TPSA) is 0 Å². The summed E-state index contributed by atoms with van der Waals surface area (Å²) in [4.78, 5) is 0. The van der Waals surface area contributed by atoms with Crippen molar-refractivity contribution in [1.29, 1.82) is 0 Å². The van der Waals surface area contributed by atoms with E-state index in [1.54, 1.807) is 11.1 Å². The normalized spacial score (nSPS) is 12.8. The minimum atomic E-state index is 0.201. The highest BCUT2D eigenvalue weighted by Crippen LogP contribution is 2.47. The van der Waals surface area contributed by atoms with Crippen LogP contribution in [-0.4, -0.2) is 0 Å². The fourth-order valence-electron chi connectivity index (χ4n) is 4.64. The molecule has 0 aromatic heterocycles. The maximum absolute atomic E-state index is 2.44. The van der Waals surface area contributed by atoms with Gasteiger partial charge in [0.05, 0.1) is 0 Å². The largest absolute Gasteiger partial charge is 0.0645 e. The molecular weight excluding hydrogens is 312 g/mol. The van der Waals surface area contributed by atoms with Crippen molar-refractivity contribution < 1.29 is 0 Å². The lowest BCUT2D eigenvalue weighted by molar-refractivity contribution is 0.441. The zero-order chi connectivity index (χ0) is 18.9. The van der Waals surface area contributed by atoms with Gasteiger partial charge in [-0.1, -0.05) is 90.1 Å². The van der Waals surface area contributed by atoms with Gasteiger partial charge in [0.15, 0.2) is 0 Å². The Morgan fingerprint density at radius 1 is 0.500 bits per heavy atom. The molecule has 3 rings (SSSR count). The summed E-state index contributed by atoms with van der Waals surface area (Å²) < 4.78 is 0. The van der Waals surface area contributed by atoms with Crippen LogP contribution in [0, 0.1) is 0 Å². The van der Waals surface area contributed by atoms with Crippen LogP contribution in [-0.2, 0) is 10.8 Å². The van der Waals surface area contributed by atoms with Gasteiger partial charge in [-0.05, 0) is 69.2 Å². The van der Waals surface area contributed by atoms with Crippen molar-refractivity contribution in [2.45, 2.75) is 78.1 Å². The molecule has 0 fully saturated rings. The number of rotatable bonds is 6. The summed E-state index contributed by atoms with van der Waals surface area (Å²) in [6.45, 7) is 14.2. The number of benzene rings is 3. The van der Waals surface area contributed by atoms with Crippen LogP contribution in [0.1, 0.15) is 78.4 Å². The first-order chi connectivity index (χ1) is 12.5. The first kappa shape index (κ1) is 19.0. The number of hydrogen-bond donors (Lipinski definition) is 0. The van der Waals surface area contributed by atoms with Crippen molar-refractivity contribution >= 4 is 21.5 Å². The fraction of sp³-hybridized carbons (Fsp3) is 0.462. The summed E-state index contributed by atoms with van der Waals surface area (Å²) in [7, 11) is 0. The van der Waals surface area contributed by atoms with E-state index in [4.69, 9.17) is 0 Å². The van der Waals surface area contributed by atoms with E-state index in [1.165, 1.54) is 21.5 Å². The van der Waals surface area contributed by atoms with E-state index in [2.05, 4.69) is 90.1 Å². The molecule has 0 radical (unpaired) electrons. The van der Waals surface area contributed by atoms with E-state index < -0.39 is 0 Å². The molecule has 0 heterocycles. The van der Waals surface area contributed by atoms with Crippen molar-refractivity contribution in [2.75, 3.05) is 0 Å². The van der Waals surface area contributed by atoms with Gasteiger partial charge in [0.1, 0.15) is 0 Å². The molecule has 0 atom stereocenters. The summed E-state index contributed by atoms with van der Waals surface area (Å²) in [6, 6.07) is 18.3. The van der Waals surface area contributed by atoms with Gasteiger partial charge in [0, 0.05) is 0 Å². The van der Waals surface area contributed by atoms with Crippen molar-refractivity contribution in [1.82, 2.24) is 0 Å². The Labute approximate surface area is 159 Å². The molecule has 0 unspecified atom stereocenters. The van der Waals surface area contributed by atoms with E-state index >= 15 is 0 Å². The molecule has 26 heavy (non-hydrogen) atoms. The molecule has 0 aliphatic heterocycles. The number of fused-ring (bicyclic) bond motifs is 2. The van der Waals surface area contributed by atoms with Crippen molar-refractivity contribution in [3.63, 3.8) is 0 Å². The van der Waals surface area contributed by atoms with Crippen LogP contribution in [0.5, 0.6) is 0 Å². The van der Waals surface area contributed by atoms with Gasteiger partial charge in [-0.15, -0.1) is 0 Å². The average molecular weight is 347 g/mol. The smallest absolute Gasteiger partial charge is 0.00682 e. The lowest BCUT2D eigenvalue weighted by Gasteiger charge is -2.35. The molecule has 0 amide bonds. The monoisotopic (exact) mass is 346 g/mol. The van der Waals surface area contributed by atoms with Gasteiger partial charge in [0.25, 0.3) is 0 Å². The Kier molecular flexibility index (Phi) is 5.15. The van der Waals surface area contributed by atoms with Gasteiger partial charge in [-0.25, -0.2) is 0 Å². The fourth-order valence-corrected chi connectivity index (χ4v) is 4.64. The quantitative estimate of drug-likeness (QED) is 0.395. The molecule has 0 aliphatic rings. The van der Waals surface area contributed by atoms with Crippen LogP contribution in [0.3, 0.4) is 0 Å². The molecule has 3 aromatic carbocycles. The van der Waals surface area contributed by atoms with Crippen LogP contribution in [0.25, 0.3) is 21.5 Å². The van der Waals surface area contributed by atoms with E-state index in [9.17, 15) is 0 Å². The molecule has 138 valence electrons. The van der Waals surface area contributed by atoms with Crippen LogP contribution < -0.4 is 0 Å². The maximum Gasteiger partial charge on any atom is -0.00682 e. The predicted octanol–water partition coefficient (Wildman–Crippen LogP) is 8.15.